The number of nitrogens with zero attached hydrogens (tertiary/aromatic N) is 3. The molecule has 6 heteroatoms. The molecule has 5 nitrogen and oxygen atoms in total. The van der Waals surface area contributed by atoms with Crippen molar-refractivity contribution >= 4 is 17.3 Å². The Morgan fingerprint density at radius 1 is 1.63 bits per heavy atom. The van der Waals surface area contributed by atoms with Gasteiger partial charge < -0.3 is 10.0 Å². The molecule has 0 aromatic carbocycles. The van der Waals surface area contributed by atoms with Gasteiger partial charge in [-0.1, -0.05) is 6.92 Å². The molecule has 19 heavy (non-hydrogen) atoms. The number of halogens is 1. The summed E-state index contributed by atoms with van der Waals surface area (Å²) < 4.78 is 1.25. The van der Waals surface area contributed by atoms with E-state index in [-0.39, 0.29) is 18.0 Å². The fourth-order valence-electron chi connectivity index (χ4n) is 2.41. The van der Waals surface area contributed by atoms with Crippen LogP contribution in [0.5, 0.6) is 0 Å². The van der Waals surface area contributed by atoms with E-state index in [4.69, 9.17) is 11.6 Å². The third kappa shape index (κ3) is 3.70. The number of rotatable bonds is 4. The summed E-state index contributed by atoms with van der Waals surface area (Å²) in [7, 11) is 0. The highest BCUT2D eigenvalue weighted by Gasteiger charge is 2.17. The maximum absolute atomic E-state index is 11.9. The van der Waals surface area contributed by atoms with Gasteiger partial charge in [0.2, 0.25) is 0 Å². The Morgan fingerprint density at radius 2 is 2.42 bits per heavy atom. The Labute approximate surface area is 117 Å². The third-order valence-corrected chi connectivity index (χ3v) is 3.80. The lowest BCUT2D eigenvalue weighted by atomic mass is 10.00. The molecule has 2 rings (SSSR count). The molecule has 0 radical (unpaired) electrons. The average molecular weight is 286 g/mol. The van der Waals surface area contributed by atoms with Crippen molar-refractivity contribution in [1.82, 2.24) is 9.78 Å². The first-order chi connectivity index (χ1) is 9.10. The Bertz CT molecular complexity index is 477. The average Bonchev–Trinajstić information content (AvgIpc) is 2.41. The molecule has 0 spiro atoms. The highest BCUT2D eigenvalue weighted by Crippen LogP contribution is 2.20. The van der Waals surface area contributed by atoms with Crippen LogP contribution in [0.2, 0.25) is 0 Å². The summed E-state index contributed by atoms with van der Waals surface area (Å²) in [6.07, 6.45) is 3.34. The van der Waals surface area contributed by atoms with E-state index >= 15 is 0 Å². The lowest BCUT2D eigenvalue weighted by Gasteiger charge is -2.32. The van der Waals surface area contributed by atoms with E-state index in [0.29, 0.717) is 5.92 Å². The van der Waals surface area contributed by atoms with Crippen LogP contribution in [0.25, 0.3) is 0 Å². The molecule has 2 unspecified atom stereocenters. The minimum absolute atomic E-state index is 0.0967. The van der Waals surface area contributed by atoms with Crippen LogP contribution in [-0.2, 0) is 6.54 Å². The predicted octanol–water partition coefficient (Wildman–Crippen LogP) is 1.08. The number of hydrogen-bond acceptors (Lipinski definition) is 4. The Hall–Kier alpha value is -1.07. The van der Waals surface area contributed by atoms with E-state index in [1.54, 1.807) is 12.3 Å². The fourth-order valence-corrected chi connectivity index (χ4v) is 2.50. The second-order valence-corrected chi connectivity index (χ2v) is 5.54. The molecule has 2 heterocycles. The summed E-state index contributed by atoms with van der Waals surface area (Å²) >= 11 is 5.52. The first kappa shape index (κ1) is 14.3. The van der Waals surface area contributed by atoms with Crippen molar-refractivity contribution < 1.29 is 5.11 Å². The normalized spacial score (nSPS) is 21.4. The maximum atomic E-state index is 11.9. The molecule has 1 aromatic rings. The minimum Gasteiger partial charge on any atom is -0.390 e. The molecule has 1 aliphatic rings. The van der Waals surface area contributed by atoms with Crippen LogP contribution in [0.3, 0.4) is 0 Å². The molecule has 0 bridgehead atoms. The standard InChI is InChI=1S/C13H20ClN3O2/c1-10-3-2-4-16(8-10)11-5-13(19)17(15-7-11)9-12(18)6-14/h5,7,10,12,18H,2-4,6,8-9H2,1H3. The summed E-state index contributed by atoms with van der Waals surface area (Å²) in [6, 6.07) is 1.59. The van der Waals surface area contributed by atoms with E-state index in [2.05, 4.69) is 16.9 Å². The van der Waals surface area contributed by atoms with Gasteiger partial charge in [0.05, 0.1) is 30.4 Å². The van der Waals surface area contributed by atoms with E-state index in [0.717, 1.165) is 25.2 Å². The van der Waals surface area contributed by atoms with Crippen molar-refractivity contribution in [2.75, 3.05) is 23.9 Å². The van der Waals surface area contributed by atoms with E-state index < -0.39 is 6.10 Å². The Morgan fingerprint density at radius 3 is 3.05 bits per heavy atom. The molecule has 1 fully saturated rings. The van der Waals surface area contributed by atoms with Gasteiger partial charge in [-0.15, -0.1) is 11.6 Å². The van der Waals surface area contributed by atoms with Crippen molar-refractivity contribution in [3.8, 4) is 0 Å². The summed E-state index contributed by atoms with van der Waals surface area (Å²) in [5.74, 6) is 0.744. The van der Waals surface area contributed by atoms with Crippen LogP contribution in [0.4, 0.5) is 5.69 Å². The molecule has 106 valence electrons. The number of hydrogen-bond donors (Lipinski definition) is 1. The monoisotopic (exact) mass is 285 g/mol. The minimum atomic E-state index is -0.743. The SMILES string of the molecule is CC1CCCN(c2cnn(CC(O)CCl)c(=O)c2)C1. The zero-order valence-electron chi connectivity index (χ0n) is 11.1. The first-order valence-corrected chi connectivity index (χ1v) is 7.19. The summed E-state index contributed by atoms with van der Waals surface area (Å²) in [6.45, 7) is 4.30. The number of aliphatic hydroxyl groups is 1. The molecule has 2 atom stereocenters. The van der Waals surface area contributed by atoms with Gasteiger partial charge in [-0.2, -0.15) is 5.10 Å². The van der Waals surface area contributed by atoms with Gasteiger partial charge in [0, 0.05) is 19.2 Å². The summed E-state index contributed by atoms with van der Waals surface area (Å²) in [5.41, 5.74) is 0.674. The first-order valence-electron chi connectivity index (χ1n) is 6.66. The molecule has 0 saturated carbocycles. The lowest BCUT2D eigenvalue weighted by molar-refractivity contribution is 0.169. The van der Waals surface area contributed by atoms with E-state index in [1.165, 1.54) is 11.1 Å². The van der Waals surface area contributed by atoms with Crippen LogP contribution >= 0.6 is 11.6 Å². The van der Waals surface area contributed by atoms with Gasteiger partial charge in [0.15, 0.2) is 0 Å². The Balaban J connectivity index is 2.12. The van der Waals surface area contributed by atoms with Crippen molar-refractivity contribution in [2.24, 2.45) is 5.92 Å². The third-order valence-electron chi connectivity index (χ3n) is 3.44. The topological polar surface area (TPSA) is 58.4 Å². The van der Waals surface area contributed by atoms with Crippen molar-refractivity contribution in [1.29, 1.82) is 0 Å². The predicted molar refractivity (Wildman–Crippen MR) is 75.8 cm³/mol. The van der Waals surface area contributed by atoms with Gasteiger partial charge in [0.25, 0.3) is 5.56 Å². The second kappa shape index (κ2) is 6.39. The maximum Gasteiger partial charge on any atom is 0.268 e. The highest BCUT2D eigenvalue weighted by molar-refractivity contribution is 6.18. The quantitative estimate of drug-likeness (QED) is 0.841. The smallest absolute Gasteiger partial charge is 0.268 e. The highest BCUT2D eigenvalue weighted by atomic mass is 35.5. The van der Waals surface area contributed by atoms with Crippen molar-refractivity contribution in [3.05, 3.63) is 22.6 Å². The van der Waals surface area contributed by atoms with E-state index in [9.17, 15) is 9.90 Å². The van der Waals surface area contributed by atoms with Crippen LogP contribution < -0.4 is 10.5 Å². The lowest BCUT2D eigenvalue weighted by Crippen LogP contribution is -2.36. The molecule has 1 aliphatic heterocycles. The van der Waals surface area contributed by atoms with Crippen LogP contribution in [0.1, 0.15) is 19.8 Å². The molecule has 0 amide bonds. The largest absolute Gasteiger partial charge is 0.390 e. The summed E-state index contributed by atoms with van der Waals surface area (Å²) in [4.78, 5) is 14.1. The van der Waals surface area contributed by atoms with Gasteiger partial charge in [0.1, 0.15) is 0 Å². The van der Waals surface area contributed by atoms with E-state index in [1.807, 2.05) is 0 Å². The molecule has 1 aromatic heterocycles. The van der Waals surface area contributed by atoms with Gasteiger partial charge in [-0.3, -0.25) is 4.79 Å². The molecule has 0 aliphatic carbocycles. The zero-order valence-corrected chi connectivity index (χ0v) is 11.9. The van der Waals surface area contributed by atoms with Gasteiger partial charge in [-0.25, -0.2) is 4.68 Å². The second-order valence-electron chi connectivity index (χ2n) is 5.24. The van der Waals surface area contributed by atoms with Crippen LogP contribution in [0.15, 0.2) is 17.1 Å². The fraction of sp³-hybridized carbons (Fsp3) is 0.692. The van der Waals surface area contributed by atoms with Crippen LogP contribution in [-0.4, -0.2) is 40.0 Å². The molecular weight excluding hydrogens is 266 g/mol. The number of piperidine rings is 1. The number of aliphatic hydroxyl groups excluding tert-OH is 1. The number of anilines is 1. The molecular formula is C13H20ClN3O2. The number of aromatic nitrogens is 2. The van der Waals surface area contributed by atoms with Crippen molar-refractivity contribution in [3.63, 3.8) is 0 Å². The molecule has 1 N–H and O–H groups in total. The van der Waals surface area contributed by atoms with Crippen LogP contribution in [0, 0.1) is 5.92 Å². The summed E-state index contributed by atoms with van der Waals surface area (Å²) in [5, 5.41) is 13.6. The van der Waals surface area contributed by atoms with Crippen molar-refractivity contribution in [2.45, 2.75) is 32.4 Å². The molecule has 1 saturated heterocycles. The zero-order chi connectivity index (χ0) is 13.8. The van der Waals surface area contributed by atoms with Gasteiger partial charge in [-0.05, 0) is 18.8 Å². The number of alkyl halides is 1. The van der Waals surface area contributed by atoms with Gasteiger partial charge >= 0.3 is 0 Å². The Kier molecular flexibility index (Phi) is 4.82.